The van der Waals surface area contributed by atoms with Crippen LogP contribution in [0.5, 0.6) is 0 Å². The van der Waals surface area contributed by atoms with E-state index in [1.165, 1.54) is 0 Å². The van der Waals surface area contributed by atoms with Crippen LogP contribution >= 0.6 is 12.6 Å². The van der Waals surface area contributed by atoms with Crippen LogP contribution in [0.1, 0.15) is 34.1 Å². The fraction of sp³-hybridized carbons (Fsp3) is 0.889. The second-order valence-corrected chi connectivity index (χ2v) is 4.69. The quantitative estimate of drug-likeness (QED) is 0.649. The van der Waals surface area contributed by atoms with Crippen LogP contribution in [0, 0.1) is 5.41 Å². The predicted octanol–water partition coefficient (Wildman–Crippen LogP) is 1.86. The molecule has 1 atom stereocenters. The maximum Gasteiger partial charge on any atom is 0.232 e. The van der Waals surface area contributed by atoms with Gasteiger partial charge in [-0.25, -0.2) is 0 Å². The molecule has 0 aliphatic carbocycles. The Balaban J connectivity index is 3.76. The maximum absolute atomic E-state index is 11.1. The first-order chi connectivity index (χ1) is 5.39. The highest BCUT2D eigenvalue weighted by Gasteiger charge is 2.17. The third kappa shape index (κ3) is 4.65. The van der Waals surface area contributed by atoms with E-state index < -0.39 is 0 Å². The van der Waals surface area contributed by atoms with E-state index in [4.69, 9.17) is 0 Å². The average molecular weight is 189 g/mol. The molecule has 0 aliphatic heterocycles. The predicted molar refractivity (Wildman–Crippen MR) is 55.5 cm³/mol. The van der Waals surface area contributed by atoms with Crippen molar-refractivity contribution in [3.05, 3.63) is 0 Å². The summed E-state index contributed by atoms with van der Waals surface area (Å²) < 4.78 is 0. The lowest BCUT2D eigenvalue weighted by Crippen LogP contribution is -2.37. The van der Waals surface area contributed by atoms with Crippen molar-refractivity contribution in [3.8, 4) is 0 Å². The van der Waals surface area contributed by atoms with Crippen LogP contribution in [0.25, 0.3) is 0 Å². The monoisotopic (exact) mass is 189 g/mol. The van der Waals surface area contributed by atoms with Crippen LogP contribution in [0.15, 0.2) is 0 Å². The molecule has 0 radical (unpaired) electrons. The van der Waals surface area contributed by atoms with Gasteiger partial charge in [-0.2, -0.15) is 12.6 Å². The lowest BCUT2D eigenvalue weighted by atomic mass is 9.90. The van der Waals surface area contributed by atoms with Crippen LogP contribution in [-0.2, 0) is 4.79 Å². The van der Waals surface area contributed by atoms with Gasteiger partial charge in [0.05, 0.1) is 5.25 Å². The van der Waals surface area contributed by atoms with Crippen LogP contribution in [0.3, 0.4) is 0 Å². The van der Waals surface area contributed by atoms with Gasteiger partial charge in [-0.1, -0.05) is 20.8 Å². The first-order valence-corrected chi connectivity index (χ1v) is 4.86. The fourth-order valence-corrected chi connectivity index (χ4v) is 0.690. The van der Waals surface area contributed by atoms with Gasteiger partial charge >= 0.3 is 0 Å². The zero-order chi connectivity index (χ0) is 9.78. The van der Waals surface area contributed by atoms with Crippen LogP contribution in [0.2, 0.25) is 0 Å². The molecule has 1 amide bonds. The molecule has 3 heteroatoms. The lowest BCUT2D eigenvalue weighted by Gasteiger charge is -2.23. The van der Waals surface area contributed by atoms with E-state index in [0.29, 0.717) is 0 Å². The number of nitrogens with one attached hydrogen (secondary N) is 1. The Hall–Kier alpha value is -0.180. The molecule has 0 aromatic carbocycles. The van der Waals surface area contributed by atoms with Gasteiger partial charge in [0.2, 0.25) is 5.91 Å². The van der Waals surface area contributed by atoms with Gasteiger partial charge in [-0.05, 0) is 18.8 Å². The van der Waals surface area contributed by atoms with Gasteiger partial charge in [-0.3, -0.25) is 4.79 Å². The standard InChI is InChI=1S/C9H19NOS/c1-5-9(3,4)6-10-8(11)7(2)12/h7,12H,5-6H2,1-4H3,(H,10,11). The van der Waals surface area contributed by atoms with E-state index in [1.54, 1.807) is 6.92 Å². The first-order valence-electron chi connectivity index (χ1n) is 4.35. The van der Waals surface area contributed by atoms with E-state index in [0.717, 1.165) is 13.0 Å². The summed E-state index contributed by atoms with van der Waals surface area (Å²) in [5, 5.41) is 2.65. The molecule has 0 aromatic heterocycles. The third-order valence-electron chi connectivity index (χ3n) is 2.08. The summed E-state index contributed by atoms with van der Waals surface area (Å²) in [7, 11) is 0. The van der Waals surface area contributed by atoms with Crippen molar-refractivity contribution in [2.24, 2.45) is 5.41 Å². The number of thiol groups is 1. The van der Waals surface area contributed by atoms with Crippen LogP contribution in [0.4, 0.5) is 0 Å². The van der Waals surface area contributed by atoms with E-state index >= 15 is 0 Å². The van der Waals surface area contributed by atoms with Crippen molar-refractivity contribution < 1.29 is 4.79 Å². The summed E-state index contributed by atoms with van der Waals surface area (Å²) in [6.45, 7) is 8.90. The molecule has 0 fully saturated rings. The number of carbonyl (C=O) groups is 1. The minimum Gasteiger partial charge on any atom is -0.355 e. The van der Waals surface area contributed by atoms with Crippen molar-refractivity contribution in [2.75, 3.05) is 6.54 Å². The molecule has 0 saturated carbocycles. The van der Waals surface area contributed by atoms with Crippen LogP contribution in [-0.4, -0.2) is 17.7 Å². The molecule has 72 valence electrons. The van der Waals surface area contributed by atoms with Gasteiger partial charge < -0.3 is 5.32 Å². The Labute approximate surface area is 80.5 Å². The van der Waals surface area contributed by atoms with Crippen molar-refractivity contribution >= 4 is 18.5 Å². The molecule has 12 heavy (non-hydrogen) atoms. The van der Waals surface area contributed by atoms with Gasteiger partial charge in [0, 0.05) is 6.54 Å². The van der Waals surface area contributed by atoms with Gasteiger partial charge in [0.1, 0.15) is 0 Å². The van der Waals surface area contributed by atoms with Crippen molar-refractivity contribution in [2.45, 2.75) is 39.4 Å². The molecule has 0 aliphatic rings. The molecule has 0 rings (SSSR count). The Morgan fingerprint density at radius 2 is 2.08 bits per heavy atom. The largest absolute Gasteiger partial charge is 0.355 e. The van der Waals surface area contributed by atoms with Crippen LogP contribution < -0.4 is 5.32 Å². The van der Waals surface area contributed by atoms with Gasteiger partial charge in [0.25, 0.3) is 0 Å². The second-order valence-electron chi connectivity index (χ2n) is 3.91. The minimum absolute atomic E-state index is 0.0138. The second kappa shape index (κ2) is 4.75. The highest BCUT2D eigenvalue weighted by atomic mass is 32.1. The molecule has 0 aromatic rings. The lowest BCUT2D eigenvalue weighted by molar-refractivity contribution is -0.120. The van der Waals surface area contributed by atoms with E-state index in [2.05, 4.69) is 38.7 Å². The summed E-state index contributed by atoms with van der Waals surface area (Å²) in [6, 6.07) is 0. The minimum atomic E-state index is -0.211. The highest BCUT2D eigenvalue weighted by Crippen LogP contribution is 2.17. The van der Waals surface area contributed by atoms with E-state index in [1.807, 2.05) is 0 Å². The molecule has 1 unspecified atom stereocenters. The van der Waals surface area contributed by atoms with Crippen molar-refractivity contribution in [1.82, 2.24) is 5.32 Å². The molecule has 2 nitrogen and oxygen atoms in total. The molecular weight excluding hydrogens is 170 g/mol. The summed E-state index contributed by atoms with van der Waals surface area (Å²) in [6.07, 6.45) is 1.06. The zero-order valence-electron chi connectivity index (χ0n) is 8.35. The average Bonchev–Trinajstić information content (AvgIpc) is 2.00. The number of hydrogen-bond donors (Lipinski definition) is 2. The fourth-order valence-electron chi connectivity index (χ4n) is 0.599. The number of rotatable bonds is 4. The van der Waals surface area contributed by atoms with Gasteiger partial charge in [-0.15, -0.1) is 0 Å². The smallest absolute Gasteiger partial charge is 0.232 e. The van der Waals surface area contributed by atoms with Gasteiger partial charge in [0.15, 0.2) is 0 Å². The Morgan fingerprint density at radius 3 is 2.42 bits per heavy atom. The molecule has 0 saturated heterocycles. The zero-order valence-corrected chi connectivity index (χ0v) is 9.24. The SMILES string of the molecule is CCC(C)(C)CNC(=O)C(C)S. The third-order valence-corrected chi connectivity index (χ3v) is 2.31. The summed E-state index contributed by atoms with van der Waals surface area (Å²) in [5.74, 6) is 0.0138. The normalized spacial score (nSPS) is 14.1. The van der Waals surface area contributed by atoms with E-state index in [-0.39, 0.29) is 16.6 Å². The Morgan fingerprint density at radius 1 is 1.58 bits per heavy atom. The molecule has 0 heterocycles. The molecular formula is C9H19NOS. The van der Waals surface area contributed by atoms with Crippen molar-refractivity contribution in [3.63, 3.8) is 0 Å². The molecule has 0 bridgehead atoms. The summed E-state index contributed by atoms with van der Waals surface area (Å²) in [5.41, 5.74) is 0.193. The number of hydrogen-bond acceptors (Lipinski definition) is 2. The van der Waals surface area contributed by atoms with E-state index in [9.17, 15) is 4.79 Å². The van der Waals surface area contributed by atoms with Crippen molar-refractivity contribution in [1.29, 1.82) is 0 Å². The number of carbonyl (C=O) groups excluding carboxylic acids is 1. The highest BCUT2D eigenvalue weighted by molar-refractivity contribution is 7.81. The Bertz CT molecular complexity index is 155. The summed E-state index contributed by atoms with van der Waals surface area (Å²) in [4.78, 5) is 11.1. The number of amides is 1. The summed E-state index contributed by atoms with van der Waals surface area (Å²) >= 11 is 4.04. The topological polar surface area (TPSA) is 29.1 Å². The molecule has 0 spiro atoms. The molecule has 1 N–H and O–H groups in total. The maximum atomic E-state index is 11.1. The first kappa shape index (κ1) is 11.8. The Kier molecular flexibility index (Phi) is 4.68.